The zero-order valence-electron chi connectivity index (χ0n) is 12.5. The second kappa shape index (κ2) is 6.47. The van der Waals surface area contributed by atoms with E-state index in [-0.39, 0.29) is 5.41 Å². The standard InChI is InChI=1S/C17H26S/c1-13(2)18-11-7-8-15-9-10-16(12-14(15)3)17(4,5)6/h9-10,12H,1,7-8,11H2,2-6H3. The van der Waals surface area contributed by atoms with Gasteiger partial charge in [0.2, 0.25) is 0 Å². The monoisotopic (exact) mass is 262 g/mol. The molecule has 0 nitrogen and oxygen atoms in total. The van der Waals surface area contributed by atoms with Crippen molar-refractivity contribution in [3.8, 4) is 0 Å². The Kier molecular flexibility index (Phi) is 5.52. The second-order valence-corrected chi connectivity index (χ2v) is 7.44. The molecule has 1 rings (SSSR count). The molecule has 0 unspecified atom stereocenters. The van der Waals surface area contributed by atoms with Crippen LogP contribution in [0.4, 0.5) is 0 Å². The number of hydrogen-bond donors (Lipinski definition) is 0. The normalized spacial score (nSPS) is 11.6. The average Bonchev–Trinajstić information content (AvgIpc) is 2.24. The summed E-state index contributed by atoms with van der Waals surface area (Å²) in [6.07, 6.45) is 2.41. The summed E-state index contributed by atoms with van der Waals surface area (Å²) >= 11 is 1.87. The fourth-order valence-corrected chi connectivity index (χ4v) is 2.59. The number of thioether (sulfide) groups is 1. The van der Waals surface area contributed by atoms with E-state index in [9.17, 15) is 0 Å². The molecule has 100 valence electrons. The molecule has 0 aromatic heterocycles. The maximum Gasteiger partial charge on any atom is -0.00204 e. The van der Waals surface area contributed by atoms with Gasteiger partial charge in [-0.1, -0.05) is 45.5 Å². The van der Waals surface area contributed by atoms with Gasteiger partial charge < -0.3 is 0 Å². The third kappa shape index (κ3) is 4.89. The molecule has 0 aliphatic heterocycles. The van der Waals surface area contributed by atoms with Crippen LogP contribution in [0.15, 0.2) is 29.7 Å². The van der Waals surface area contributed by atoms with E-state index in [1.165, 1.54) is 40.2 Å². The highest BCUT2D eigenvalue weighted by Crippen LogP contribution is 2.25. The molecule has 0 amide bonds. The van der Waals surface area contributed by atoms with E-state index in [4.69, 9.17) is 0 Å². The quantitative estimate of drug-likeness (QED) is 0.632. The highest BCUT2D eigenvalue weighted by molar-refractivity contribution is 8.03. The number of rotatable bonds is 5. The van der Waals surface area contributed by atoms with E-state index in [1.807, 2.05) is 11.8 Å². The summed E-state index contributed by atoms with van der Waals surface area (Å²) < 4.78 is 0. The van der Waals surface area contributed by atoms with E-state index >= 15 is 0 Å². The largest absolute Gasteiger partial charge is 0.132 e. The van der Waals surface area contributed by atoms with Crippen molar-refractivity contribution in [1.29, 1.82) is 0 Å². The Hall–Kier alpha value is -0.690. The first kappa shape index (κ1) is 15.4. The lowest BCUT2D eigenvalue weighted by Crippen LogP contribution is -2.11. The summed E-state index contributed by atoms with van der Waals surface area (Å²) in [6.45, 7) is 15.0. The molecule has 0 saturated heterocycles. The van der Waals surface area contributed by atoms with Crippen molar-refractivity contribution in [2.24, 2.45) is 0 Å². The lowest BCUT2D eigenvalue weighted by molar-refractivity contribution is 0.589. The minimum Gasteiger partial charge on any atom is -0.132 e. The van der Waals surface area contributed by atoms with Crippen molar-refractivity contribution < 1.29 is 0 Å². The summed E-state index contributed by atoms with van der Waals surface area (Å²) in [5.41, 5.74) is 4.60. The Bertz CT molecular complexity index is 410. The van der Waals surface area contributed by atoms with Crippen LogP contribution in [0.3, 0.4) is 0 Å². The van der Waals surface area contributed by atoms with Crippen molar-refractivity contribution in [3.05, 3.63) is 46.4 Å². The van der Waals surface area contributed by atoms with Crippen LogP contribution in [0, 0.1) is 6.92 Å². The van der Waals surface area contributed by atoms with Gasteiger partial charge in [0.15, 0.2) is 0 Å². The molecule has 0 bridgehead atoms. The number of hydrogen-bond acceptors (Lipinski definition) is 1. The lowest BCUT2D eigenvalue weighted by atomic mass is 9.85. The Balaban J connectivity index is 2.60. The molecule has 0 fully saturated rings. The Morgan fingerprint density at radius 1 is 1.28 bits per heavy atom. The van der Waals surface area contributed by atoms with Crippen LogP contribution in [0.5, 0.6) is 0 Å². The number of aryl methyl sites for hydroxylation is 2. The fraction of sp³-hybridized carbons (Fsp3) is 0.529. The lowest BCUT2D eigenvalue weighted by Gasteiger charge is -2.20. The van der Waals surface area contributed by atoms with E-state index < -0.39 is 0 Å². The zero-order valence-corrected chi connectivity index (χ0v) is 13.3. The van der Waals surface area contributed by atoms with E-state index in [0.29, 0.717) is 0 Å². The van der Waals surface area contributed by atoms with Crippen molar-refractivity contribution in [2.75, 3.05) is 5.75 Å². The predicted octanol–water partition coefficient (Wildman–Crippen LogP) is 5.49. The maximum absolute atomic E-state index is 3.92. The number of allylic oxidation sites excluding steroid dienone is 1. The van der Waals surface area contributed by atoms with Crippen molar-refractivity contribution in [3.63, 3.8) is 0 Å². The van der Waals surface area contributed by atoms with Gasteiger partial charge in [-0.25, -0.2) is 0 Å². The molecular formula is C17H26S. The summed E-state index contributed by atoms with van der Waals surface area (Å²) in [6, 6.07) is 6.94. The van der Waals surface area contributed by atoms with Gasteiger partial charge in [0.1, 0.15) is 0 Å². The van der Waals surface area contributed by atoms with Crippen molar-refractivity contribution >= 4 is 11.8 Å². The van der Waals surface area contributed by atoms with Gasteiger partial charge in [-0.15, -0.1) is 11.8 Å². The zero-order chi connectivity index (χ0) is 13.8. The maximum atomic E-state index is 3.92. The van der Waals surface area contributed by atoms with Gasteiger partial charge in [-0.2, -0.15) is 0 Å². The summed E-state index contributed by atoms with van der Waals surface area (Å²) in [7, 11) is 0. The summed E-state index contributed by atoms with van der Waals surface area (Å²) in [5.74, 6) is 1.18. The molecule has 0 N–H and O–H groups in total. The number of benzene rings is 1. The van der Waals surface area contributed by atoms with Crippen LogP contribution in [0.1, 0.15) is 50.8 Å². The average molecular weight is 262 g/mol. The predicted molar refractivity (Wildman–Crippen MR) is 85.5 cm³/mol. The molecule has 0 saturated carbocycles. The molecule has 0 heterocycles. The molecule has 0 aliphatic carbocycles. The van der Waals surface area contributed by atoms with Gasteiger partial charge in [0, 0.05) is 0 Å². The minimum atomic E-state index is 0.249. The van der Waals surface area contributed by atoms with Crippen molar-refractivity contribution in [2.45, 2.75) is 52.9 Å². The summed E-state index contributed by atoms with van der Waals surface area (Å²) in [5, 5.41) is 0. The molecule has 1 aromatic rings. The highest BCUT2D eigenvalue weighted by atomic mass is 32.2. The third-order valence-electron chi connectivity index (χ3n) is 3.15. The Morgan fingerprint density at radius 3 is 2.44 bits per heavy atom. The van der Waals surface area contributed by atoms with Gasteiger partial charge in [-0.3, -0.25) is 0 Å². The molecular weight excluding hydrogens is 236 g/mol. The minimum absolute atomic E-state index is 0.249. The van der Waals surface area contributed by atoms with Crippen molar-refractivity contribution in [1.82, 2.24) is 0 Å². The first-order chi connectivity index (χ1) is 8.30. The van der Waals surface area contributed by atoms with Gasteiger partial charge in [0.05, 0.1) is 0 Å². The van der Waals surface area contributed by atoms with Crippen LogP contribution < -0.4 is 0 Å². The summed E-state index contributed by atoms with van der Waals surface area (Å²) in [4.78, 5) is 1.22. The smallest absolute Gasteiger partial charge is 0.00204 e. The topological polar surface area (TPSA) is 0 Å². The SMILES string of the molecule is C=C(C)SCCCc1ccc(C(C)(C)C)cc1C. The van der Waals surface area contributed by atoms with Crippen LogP contribution in [0.2, 0.25) is 0 Å². The van der Waals surface area contributed by atoms with E-state index in [0.717, 1.165) is 0 Å². The fourth-order valence-electron chi connectivity index (χ4n) is 1.95. The van der Waals surface area contributed by atoms with Gasteiger partial charge in [-0.05, 0) is 59.5 Å². The molecule has 0 spiro atoms. The Morgan fingerprint density at radius 2 is 1.94 bits per heavy atom. The molecule has 0 radical (unpaired) electrons. The molecule has 18 heavy (non-hydrogen) atoms. The van der Waals surface area contributed by atoms with Crippen LogP contribution >= 0.6 is 11.8 Å². The van der Waals surface area contributed by atoms with E-state index in [1.54, 1.807) is 0 Å². The van der Waals surface area contributed by atoms with Crippen LogP contribution in [-0.4, -0.2) is 5.75 Å². The second-order valence-electron chi connectivity index (χ2n) is 6.05. The molecule has 0 atom stereocenters. The van der Waals surface area contributed by atoms with Gasteiger partial charge in [0.25, 0.3) is 0 Å². The van der Waals surface area contributed by atoms with Crippen LogP contribution in [-0.2, 0) is 11.8 Å². The first-order valence-corrected chi connectivity index (χ1v) is 7.67. The van der Waals surface area contributed by atoms with E-state index in [2.05, 4.69) is 59.4 Å². The first-order valence-electron chi connectivity index (χ1n) is 6.69. The van der Waals surface area contributed by atoms with Gasteiger partial charge >= 0.3 is 0 Å². The molecule has 1 heteroatoms. The Labute approximate surface area is 117 Å². The third-order valence-corrected chi connectivity index (χ3v) is 4.13. The molecule has 1 aromatic carbocycles. The molecule has 0 aliphatic rings. The van der Waals surface area contributed by atoms with Crippen LogP contribution in [0.25, 0.3) is 0 Å². The highest BCUT2D eigenvalue weighted by Gasteiger charge is 2.14.